The van der Waals surface area contributed by atoms with Gasteiger partial charge in [-0.2, -0.15) is 0 Å². The molecule has 11 nitrogen and oxygen atoms in total. The number of rotatable bonds is 11. The number of ether oxygens (including phenoxy) is 3. The number of carbonyl (C=O) groups is 4. The quantitative estimate of drug-likeness (QED) is 0.285. The fraction of sp³-hybridized carbons (Fsp3) is 0.241. The second-order valence-corrected chi connectivity index (χ2v) is 8.94. The molecule has 3 atom stereocenters. The van der Waals surface area contributed by atoms with Gasteiger partial charge < -0.3 is 35.3 Å². The molecule has 1 heterocycles. The Kier molecular flexibility index (Phi) is 9.44. The zero-order valence-electron chi connectivity index (χ0n) is 21.7. The van der Waals surface area contributed by atoms with Gasteiger partial charge in [-0.05, 0) is 35.9 Å². The summed E-state index contributed by atoms with van der Waals surface area (Å²) in [4.78, 5) is 49.9. The van der Waals surface area contributed by atoms with E-state index in [1.807, 2.05) is 6.07 Å². The van der Waals surface area contributed by atoms with Crippen LogP contribution >= 0.6 is 0 Å². The van der Waals surface area contributed by atoms with Gasteiger partial charge in [0.15, 0.2) is 12.2 Å². The van der Waals surface area contributed by atoms with Crippen molar-refractivity contribution >= 4 is 29.4 Å². The predicted octanol–water partition coefficient (Wildman–Crippen LogP) is 2.12. The lowest BCUT2D eigenvalue weighted by Gasteiger charge is -2.20. The van der Waals surface area contributed by atoms with E-state index in [-0.39, 0.29) is 25.7 Å². The normalized spacial score (nSPS) is 16.9. The molecule has 1 fully saturated rings. The molecule has 0 spiro atoms. The van der Waals surface area contributed by atoms with Crippen molar-refractivity contribution in [3.63, 3.8) is 0 Å². The van der Waals surface area contributed by atoms with E-state index in [1.54, 1.807) is 72.8 Å². The molecule has 1 saturated heterocycles. The summed E-state index contributed by atoms with van der Waals surface area (Å²) in [7, 11) is 1.52. The number of nitrogens with one attached hydrogen (secondary N) is 3. The van der Waals surface area contributed by atoms with E-state index >= 15 is 0 Å². The lowest BCUT2D eigenvalue weighted by atomic mass is 10.0. The third-order valence-electron chi connectivity index (χ3n) is 6.23. The summed E-state index contributed by atoms with van der Waals surface area (Å²) in [6.45, 7) is -0.157. The van der Waals surface area contributed by atoms with Crippen molar-refractivity contribution in [2.24, 2.45) is 0 Å². The van der Waals surface area contributed by atoms with Crippen LogP contribution in [0.1, 0.15) is 21.5 Å². The molecule has 3 aromatic rings. The fourth-order valence-electron chi connectivity index (χ4n) is 4.13. The van der Waals surface area contributed by atoms with Crippen molar-refractivity contribution in [3.05, 3.63) is 95.6 Å². The smallest absolute Gasteiger partial charge is 0.326 e. The predicted molar refractivity (Wildman–Crippen MR) is 144 cm³/mol. The van der Waals surface area contributed by atoms with Crippen molar-refractivity contribution in [1.82, 2.24) is 10.6 Å². The first-order valence-corrected chi connectivity index (χ1v) is 12.5. The molecule has 3 aromatic carbocycles. The van der Waals surface area contributed by atoms with Gasteiger partial charge in [0.1, 0.15) is 18.6 Å². The van der Waals surface area contributed by atoms with Crippen molar-refractivity contribution in [2.45, 2.75) is 31.2 Å². The van der Waals surface area contributed by atoms with Crippen LogP contribution in [0.15, 0.2) is 78.9 Å². The lowest BCUT2D eigenvalue weighted by Crippen LogP contribution is -2.52. The molecule has 208 valence electrons. The number of hydrogen-bond acceptors (Lipinski definition) is 7. The zero-order chi connectivity index (χ0) is 28.5. The van der Waals surface area contributed by atoms with Crippen LogP contribution in [-0.2, 0) is 36.8 Å². The van der Waals surface area contributed by atoms with Gasteiger partial charge in [-0.1, -0.05) is 48.5 Å². The van der Waals surface area contributed by atoms with Gasteiger partial charge >= 0.3 is 5.97 Å². The Morgan fingerprint density at radius 2 is 1.55 bits per heavy atom. The Morgan fingerprint density at radius 3 is 2.23 bits per heavy atom. The maximum atomic E-state index is 12.9. The summed E-state index contributed by atoms with van der Waals surface area (Å²) < 4.78 is 15.9. The molecule has 4 rings (SSSR count). The second-order valence-electron chi connectivity index (χ2n) is 8.94. The topological polar surface area (TPSA) is 152 Å². The van der Waals surface area contributed by atoms with E-state index in [0.29, 0.717) is 22.6 Å². The Morgan fingerprint density at radius 1 is 0.900 bits per heavy atom. The molecule has 0 aromatic heterocycles. The number of carbonyl (C=O) groups excluding carboxylic acids is 3. The third kappa shape index (κ3) is 7.22. The summed E-state index contributed by atoms with van der Waals surface area (Å²) in [5.41, 5.74) is 2.38. The average molecular weight is 548 g/mol. The number of para-hydroxylation sites is 1. The highest BCUT2D eigenvalue weighted by molar-refractivity contribution is 6.04. The molecule has 0 unspecified atom stereocenters. The van der Waals surface area contributed by atoms with E-state index in [4.69, 9.17) is 14.2 Å². The molecular weight excluding hydrogens is 518 g/mol. The van der Waals surface area contributed by atoms with Crippen LogP contribution in [-0.4, -0.2) is 60.9 Å². The molecule has 1 aliphatic rings. The minimum atomic E-state index is -1.32. The highest BCUT2D eigenvalue weighted by atomic mass is 16.7. The number of carboxylic acid groups (broad SMARTS) is 1. The first-order chi connectivity index (χ1) is 19.4. The first kappa shape index (κ1) is 28.3. The standard InChI is InChI=1S/C29H29N3O8/c1-38-23-10-6-5-9-20(23)16-30-27(34)24-25(40-17-39-24)28(35)32-22(29(36)37)15-18-11-13-21(14-12-18)31-26(33)19-7-3-2-4-8-19/h2-14,22,24-25H,15-17H2,1H3,(H,30,34)(H,31,33)(H,32,35)(H,36,37)/t22-,24+,25+/m0/s1. The molecule has 0 aliphatic carbocycles. The molecule has 40 heavy (non-hydrogen) atoms. The second kappa shape index (κ2) is 13.4. The van der Waals surface area contributed by atoms with Crippen LogP contribution in [0.3, 0.4) is 0 Å². The van der Waals surface area contributed by atoms with Crippen LogP contribution in [0.2, 0.25) is 0 Å². The number of amides is 3. The molecule has 3 amide bonds. The van der Waals surface area contributed by atoms with Crippen LogP contribution < -0.4 is 20.7 Å². The SMILES string of the molecule is COc1ccccc1CNC(=O)[C@@H]1OCO[C@H]1C(=O)N[C@@H](Cc1ccc(NC(=O)c2ccccc2)cc1)C(=O)O. The van der Waals surface area contributed by atoms with Gasteiger partial charge in [0.05, 0.1) is 7.11 Å². The largest absolute Gasteiger partial charge is 0.496 e. The summed E-state index contributed by atoms with van der Waals surface area (Å²) in [5, 5.41) is 17.6. The summed E-state index contributed by atoms with van der Waals surface area (Å²) in [5.74, 6) is -2.30. The minimum Gasteiger partial charge on any atom is -0.496 e. The van der Waals surface area contributed by atoms with Gasteiger partial charge in [-0.3, -0.25) is 14.4 Å². The molecule has 1 aliphatic heterocycles. The van der Waals surface area contributed by atoms with Crippen LogP contribution in [0.25, 0.3) is 0 Å². The number of carboxylic acids is 1. The van der Waals surface area contributed by atoms with Gasteiger partial charge in [0, 0.05) is 29.8 Å². The molecule has 11 heteroatoms. The number of anilines is 1. The summed E-state index contributed by atoms with van der Waals surface area (Å²) in [6.07, 6.45) is -2.61. The summed E-state index contributed by atoms with van der Waals surface area (Å²) >= 11 is 0. The van der Waals surface area contributed by atoms with Crippen molar-refractivity contribution < 1.29 is 38.5 Å². The van der Waals surface area contributed by atoms with E-state index in [9.17, 15) is 24.3 Å². The molecule has 0 bridgehead atoms. The Labute approximate surface area is 230 Å². The Balaban J connectivity index is 1.33. The molecule has 0 saturated carbocycles. The van der Waals surface area contributed by atoms with Crippen molar-refractivity contribution in [1.29, 1.82) is 0 Å². The van der Waals surface area contributed by atoms with E-state index in [2.05, 4.69) is 16.0 Å². The average Bonchev–Trinajstić information content (AvgIpc) is 3.47. The van der Waals surface area contributed by atoms with Gasteiger partial charge in [-0.25, -0.2) is 4.79 Å². The summed E-state index contributed by atoms with van der Waals surface area (Å²) in [6, 6.07) is 21.2. The number of aliphatic carboxylic acids is 1. The molecule has 0 radical (unpaired) electrons. The zero-order valence-corrected chi connectivity index (χ0v) is 21.7. The van der Waals surface area contributed by atoms with Gasteiger partial charge in [-0.15, -0.1) is 0 Å². The van der Waals surface area contributed by atoms with Crippen molar-refractivity contribution in [2.75, 3.05) is 19.2 Å². The fourth-order valence-corrected chi connectivity index (χ4v) is 4.13. The lowest BCUT2D eigenvalue weighted by molar-refractivity contribution is -0.144. The number of hydrogen-bond donors (Lipinski definition) is 4. The minimum absolute atomic E-state index is 0.0355. The highest BCUT2D eigenvalue weighted by Crippen LogP contribution is 2.19. The van der Waals surface area contributed by atoms with Crippen LogP contribution in [0.5, 0.6) is 5.75 Å². The maximum Gasteiger partial charge on any atom is 0.326 e. The van der Waals surface area contributed by atoms with Crippen LogP contribution in [0.4, 0.5) is 5.69 Å². The molecule has 4 N–H and O–H groups in total. The molecular formula is C29H29N3O8. The van der Waals surface area contributed by atoms with E-state index < -0.39 is 36.0 Å². The highest BCUT2D eigenvalue weighted by Gasteiger charge is 2.41. The number of methoxy groups -OCH3 is 1. The van der Waals surface area contributed by atoms with Gasteiger partial charge in [0.25, 0.3) is 17.7 Å². The Bertz CT molecular complexity index is 1350. The van der Waals surface area contributed by atoms with Crippen molar-refractivity contribution in [3.8, 4) is 5.75 Å². The number of benzene rings is 3. The Hall–Kier alpha value is -4.74. The maximum absolute atomic E-state index is 12.9. The van der Waals surface area contributed by atoms with E-state index in [1.165, 1.54) is 7.11 Å². The van der Waals surface area contributed by atoms with E-state index in [0.717, 1.165) is 5.56 Å². The third-order valence-corrected chi connectivity index (χ3v) is 6.23. The first-order valence-electron chi connectivity index (χ1n) is 12.5. The monoisotopic (exact) mass is 547 g/mol. The van der Waals surface area contributed by atoms with Gasteiger partial charge in [0.2, 0.25) is 0 Å². The van der Waals surface area contributed by atoms with Crippen LogP contribution in [0, 0.1) is 0 Å².